The second-order valence-electron chi connectivity index (χ2n) is 12.4. The molecule has 0 rings (SSSR count). The summed E-state index contributed by atoms with van der Waals surface area (Å²) in [6.45, 7) is 2.43. The molecule has 54 heavy (non-hydrogen) atoms. The van der Waals surface area contributed by atoms with Crippen LogP contribution >= 0.6 is 7.82 Å². The van der Waals surface area contributed by atoms with Gasteiger partial charge in [-0.25, -0.2) is 4.57 Å². The van der Waals surface area contributed by atoms with Gasteiger partial charge in [-0.2, -0.15) is 0 Å². The first-order chi connectivity index (χ1) is 26.1. The van der Waals surface area contributed by atoms with Gasteiger partial charge in [0.15, 0.2) is 6.10 Å². The molecule has 0 amide bonds. The Hall–Kier alpha value is -3.60. The number of nitrogens with two attached hydrogens (primary N) is 1. The first-order valence-corrected chi connectivity index (χ1v) is 20.8. The van der Waals surface area contributed by atoms with Crippen LogP contribution in [0.2, 0.25) is 0 Å². The zero-order chi connectivity index (χ0) is 40.0. The van der Waals surface area contributed by atoms with E-state index in [9.17, 15) is 23.8 Å². The van der Waals surface area contributed by atoms with Crippen LogP contribution in [0, 0.1) is 0 Å². The fourth-order valence-corrected chi connectivity index (χ4v) is 5.17. The SMILES string of the molecule is CC/C=C/C=C/C=C/CCCCCCCC(=O)OC(COC(=O)CCC/C=C/C/C=C/C/C=C/C/C=C/C/C=C/CC)COP(=O)(O)OC[C@H](N)C(=O)O. The number of ether oxygens (including phenoxy) is 2. The van der Waals surface area contributed by atoms with Crippen molar-refractivity contribution < 1.29 is 47.5 Å². The Balaban J connectivity index is 4.58. The molecule has 0 aromatic heterocycles. The number of carbonyl (C=O) groups excluding carboxylic acids is 2. The van der Waals surface area contributed by atoms with E-state index in [-0.39, 0.29) is 12.8 Å². The highest BCUT2D eigenvalue weighted by atomic mass is 31.2. The Labute approximate surface area is 324 Å². The van der Waals surface area contributed by atoms with Gasteiger partial charge in [-0.3, -0.25) is 23.4 Å². The van der Waals surface area contributed by atoms with Crippen LogP contribution in [0.5, 0.6) is 0 Å². The van der Waals surface area contributed by atoms with Crippen LogP contribution in [0.1, 0.15) is 117 Å². The third-order valence-electron chi connectivity index (χ3n) is 7.39. The van der Waals surface area contributed by atoms with Crippen molar-refractivity contribution in [3.63, 3.8) is 0 Å². The summed E-state index contributed by atoms with van der Waals surface area (Å²) < 4.78 is 32.5. The number of aliphatic carboxylic acids is 1. The van der Waals surface area contributed by atoms with Crippen LogP contribution in [0.3, 0.4) is 0 Å². The van der Waals surface area contributed by atoms with Gasteiger partial charge in [0.25, 0.3) is 0 Å². The summed E-state index contributed by atoms with van der Waals surface area (Å²) in [5.41, 5.74) is 5.31. The van der Waals surface area contributed by atoms with E-state index in [4.69, 9.17) is 24.8 Å². The van der Waals surface area contributed by atoms with E-state index in [0.717, 1.165) is 70.6 Å². The normalized spacial score (nSPS) is 14.9. The average Bonchev–Trinajstić information content (AvgIpc) is 3.14. The van der Waals surface area contributed by atoms with Crippen LogP contribution in [0.15, 0.2) is 97.2 Å². The number of allylic oxidation sites excluding steroid dienone is 16. The molecule has 2 unspecified atom stereocenters. The Morgan fingerprint density at radius 2 is 1.09 bits per heavy atom. The van der Waals surface area contributed by atoms with Gasteiger partial charge in [0.05, 0.1) is 13.2 Å². The molecule has 0 aromatic rings. The molecule has 4 N–H and O–H groups in total. The molecule has 0 aliphatic carbocycles. The topological polar surface area (TPSA) is 172 Å². The van der Waals surface area contributed by atoms with Gasteiger partial charge in [0.2, 0.25) is 0 Å². The minimum atomic E-state index is -4.74. The molecular weight excluding hydrogens is 709 g/mol. The lowest BCUT2D eigenvalue weighted by molar-refractivity contribution is -0.161. The molecule has 304 valence electrons. The van der Waals surface area contributed by atoms with Crippen LogP contribution in [0.4, 0.5) is 0 Å². The van der Waals surface area contributed by atoms with Gasteiger partial charge >= 0.3 is 25.7 Å². The molecule has 12 heteroatoms. The largest absolute Gasteiger partial charge is 0.480 e. The van der Waals surface area contributed by atoms with Gasteiger partial charge < -0.3 is 25.2 Å². The van der Waals surface area contributed by atoms with Gasteiger partial charge in [0.1, 0.15) is 12.6 Å². The van der Waals surface area contributed by atoms with Gasteiger partial charge in [-0.1, -0.05) is 130 Å². The third-order valence-corrected chi connectivity index (χ3v) is 8.34. The fourth-order valence-electron chi connectivity index (χ4n) is 4.39. The molecule has 0 saturated carbocycles. The number of rotatable bonds is 34. The molecule has 0 aliphatic heterocycles. The van der Waals surface area contributed by atoms with Crippen molar-refractivity contribution in [2.45, 2.75) is 129 Å². The second kappa shape index (κ2) is 36.4. The van der Waals surface area contributed by atoms with E-state index in [2.05, 4.69) is 79.1 Å². The molecule has 0 spiro atoms. The Bertz CT molecular complexity index is 1280. The number of unbranched alkanes of at least 4 members (excludes halogenated alkanes) is 6. The van der Waals surface area contributed by atoms with Crippen LogP contribution in [0.25, 0.3) is 0 Å². The predicted molar refractivity (Wildman–Crippen MR) is 217 cm³/mol. The van der Waals surface area contributed by atoms with Crippen LogP contribution < -0.4 is 5.73 Å². The van der Waals surface area contributed by atoms with Gasteiger partial charge in [-0.05, 0) is 70.6 Å². The average molecular weight is 776 g/mol. The number of carboxylic acid groups (broad SMARTS) is 1. The fraction of sp³-hybridized carbons (Fsp3) is 0.548. The lowest BCUT2D eigenvalue weighted by atomic mass is 10.1. The first-order valence-electron chi connectivity index (χ1n) is 19.3. The number of hydrogen-bond donors (Lipinski definition) is 3. The third kappa shape index (κ3) is 35.4. The number of phosphoric ester groups is 1. The second-order valence-corrected chi connectivity index (χ2v) is 13.8. The van der Waals surface area contributed by atoms with Crippen molar-refractivity contribution in [1.29, 1.82) is 0 Å². The van der Waals surface area contributed by atoms with Crippen molar-refractivity contribution in [3.05, 3.63) is 97.2 Å². The van der Waals surface area contributed by atoms with E-state index in [1.54, 1.807) is 0 Å². The highest BCUT2D eigenvalue weighted by Crippen LogP contribution is 2.43. The molecule has 3 atom stereocenters. The predicted octanol–water partition coefficient (Wildman–Crippen LogP) is 9.72. The van der Waals surface area contributed by atoms with E-state index >= 15 is 0 Å². The summed E-state index contributed by atoms with van der Waals surface area (Å²) in [6, 6.07) is -1.54. The van der Waals surface area contributed by atoms with Gasteiger partial charge in [-0.15, -0.1) is 0 Å². The minimum Gasteiger partial charge on any atom is -0.480 e. The standard InChI is InChI=1S/C42H66NO10P/c1-3-5-7-9-11-13-15-17-18-19-20-22-23-25-27-29-31-33-40(44)50-35-38(36-51-54(48,49)52-37-39(43)42(46)47)53-41(45)34-32-30-28-26-24-21-16-14-12-10-8-6-4-2/h5-8,10-14,16-18,20,22,25,27,38-39H,3-4,9,15,19,21,23-24,26,28-37,43H2,1-2H3,(H,46,47)(H,48,49)/b7-5+,8-6+,12-10+,13-11+,16-14+,18-17+,22-20+,27-25+/t38?,39-/m0/s1. The van der Waals surface area contributed by atoms with Crippen LogP contribution in [-0.4, -0.2) is 59.9 Å². The number of esters is 2. The zero-order valence-corrected chi connectivity index (χ0v) is 33.4. The smallest absolute Gasteiger partial charge is 0.472 e. The summed E-state index contributed by atoms with van der Waals surface area (Å²) in [5, 5.41) is 8.86. The number of carbonyl (C=O) groups is 3. The summed E-state index contributed by atoms with van der Waals surface area (Å²) in [4.78, 5) is 45.8. The van der Waals surface area contributed by atoms with Gasteiger partial charge in [0, 0.05) is 12.8 Å². The highest BCUT2D eigenvalue weighted by molar-refractivity contribution is 7.47. The molecule has 0 heterocycles. The van der Waals surface area contributed by atoms with Crippen molar-refractivity contribution in [1.82, 2.24) is 0 Å². The molecule has 0 aromatic carbocycles. The monoisotopic (exact) mass is 775 g/mol. The summed E-state index contributed by atoms with van der Waals surface area (Å²) in [7, 11) is -4.74. The Morgan fingerprint density at radius 3 is 1.70 bits per heavy atom. The molecular formula is C42H66NO10P. The van der Waals surface area contributed by atoms with Crippen molar-refractivity contribution >= 4 is 25.7 Å². The lowest BCUT2D eigenvalue weighted by Gasteiger charge is -2.20. The van der Waals surface area contributed by atoms with Crippen molar-refractivity contribution in [2.24, 2.45) is 5.73 Å². The maximum atomic E-state index is 12.6. The maximum absolute atomic E-state index is 12.6. The zero-order valence-electron chi connectivity index (χ0n) is 32.5. The number of phosphoric acid groups is 1. The maximum Gasteiger partial charge on any atom is 0.472 e. The quantitative estimate of drug-likeness (QED) is 0.0187. The summed E-state index contributed by atoms with van der Waals surface area (Å²) in [6.07, 6.45) is 44.9. The highest BCUT2D eigenvalue weighted by Gasteiger charge is 2.28. The molecule has 0 saturated heterocycles. The summed E-state index contributed by atoms with van der Waals surface area (Å²) in [5.74, 6) is -2.50. The number of hydrogen-bond acceptors (Lipinski definition) is 9. The molecule has 0 fully saturated rings. The van der Waals surface area contributed by atoms with E-state index in [0.29, 0.717) is 19.3 Å². The Morgan fingerprint density at radius 1 is 0.593 bits per heavy atom. The van der Waals surface area contributed by atoms with E-state index < -0.39 is 57.7 Å². The van der Waals surface area contributed by atoms with E-state index in [1.165, 1.54) is 0 Å². The van der Waals surface area contributed by atoms with Crippen molar-refractivity contribution in [3.8, 4) is 0 Å². The molecule has 11 nitrogen and oxygen atoms in total. The molecule has 0 aliphatic rings. The minimum absolute atomic E-state index is 0.119. The van der Waals surface area contributed by atoms with Crippen LogP contribution in [-0.2, 0) is 37.5 Å². The first kappa shape index (κ1) is 50.4. The molecule has 0 bridgehead atoms. The molecule has 0 radical (unpaired) electrons. The Kier molecular flexibility index (Phi) is 34.0. The lowest BCUT2D eigenvalue weighted by Crippen LogP contribution is -2.34. The van der Waals surface area contributed by atoms with Crippen molar-refractivity contribution in [2.75, 3.05) is 19.8 Å². The van der Waals surface area contributed by atoms with E-state index in [1.807, 2.05) is 36.5 Å². The summed E-state index contributed by atoms with van der Waals surface area (Å²) >= 11 is 0. The number of carboxylic acids is 1.